The highest BCUT2D eigenvalue weighted by Gasteiger charge is 2.28. The van der Waals surface area contributed by atoms with E-state index in [1.54, 1.807) is 0 Å². The van der Waals surface area contributed by atoms with Gasteiger partial charge in [-0.05, 0) is 32.4 Å². The average Bonchev–Trinajstić information content (AvgIpc) is 2.29. The maximum absolute atomic E-state index is 10.5. The van der Waals surface area contributed by atoms with Gasteiger partial charge in [0, 0.05) is 12.1 Å². The molecule has 17 heavy (non-hydrogen) atoms. The first kappa shape index (κ1) is 14.2. The molecule has 0 aliphatic heterocycles. The zero-order chi connectivity index (χ0) is 13.0. The minimum Gasteiger partial charge on any atom is -0.387 e. The van der Waals surface area contributed by atoms with Crippen LogP contribution in [0.2, 0.25) is 0 Å². The zero-order valence-electron chi connectivity index (χ0n) is 11.6. The Balaban J connectivity index is 2.92. The second-order valence-electron chi connectivity index (χ2n) is 5.35. The normalized spacial score (nSPS) is 15.6. The first-order valence-corrected chi connectivity index (χ1v) is 6.40. The van der Waals surface area contributed by atoms with E-state index in [1.807, 2.05) is 30.3 Å². The molecule has 1 N–H and O–H groups in total. The quantitative estimate of drug-likeness (QED) is 0.847. The Morgan fingerprint density at radius 3 is 1.94 bits per heavy atom. The number of rotatable bonds is 5. The highest BCUT2D eigenvalue weighted by atomic mass is 16.3. The maximum atomic E-state index is 10.5. The van der Waals surface area contributed by atoms with Crippen molar-refractivity contribution in [1.82, 2.24) is 4.90 Å². The van der Waals surface area contributed by atoms with E-state index in [1.165, 1.54) is 0 Å². The van der Waals surface area contributed by atoms with Gasteiger partial charge in [-0.3, -0.25) is 4.90 Å². The fourth-order valence-corrected chi connectivity index (χ4v) is 2.25. The lowest BCUT2D eigenvalue weighted by atomic mass is 9.91. The van der Waals surface area contributed by atoms with Gasteiger partial charge in [-0.15, -0.1) is 0 Å². The topological polar surface area (TPSA) is 23.5 Å². The van der Waals surface area contributed by atoms with Crippen molar-refractivity contribution < 1.29 is 5.11 Å². The highest BCUT2D eigenvalue weighted by molar-refractivity contribution is 5.19. The number of aliphatic hydroxyl groups excluding tert-OH is 1. The second-order valence-corrected chi connectivity index (χ2v) is 5.35. The lowest BCUT2D eigenvalue weighted by molar-refractivity contribution is 0.0215. The Hall–Kier alpha value is -0.860. The van der Waals surface area contributed by atoms with E-state index in [0.717, 1.165) is 5.56 Å². The van der Waals surface area contributed by atoms with Gasteiger partial charge >= 0.3 is 0 Å². The molecule has 2 heteroatoms. The molecule has 2 atom stereocenters. The van der Waals surface area contributed by atoms with Gasteiger partial charge in [0.1, 0.15) is 0 Å². The van der Waals surface area contributed by atoms with Gasteiger partial charge in [0.05, 0.1) is 6.10 Å². The molecule has 0 aliphatic rings. The summed E-state index contributed by atoms with van der Waals surface area (Å²) in [7, 11) is 2.08. The maximum Gasteiger partial charge on any atom is 0.0947 e. The Kier molecular flexibility index (Phi) is 5.16. The minimum atomic E-state index is -0.427. The molecule has 0 aliphatic carbocycles. The van der Waals surface area contributed by atoms with Gasteiger partial charge in [0.2, 0.25) is 0 Å². The Morgan fingerprint density at radius 1 is 1.00 bits per heavy atom. The van der Waals surface area contributed by atoms with Crippen molar-refractivity contribution in [2.24, 2.45) is 5.92 Å². The van der Waals surface area contributed by atoms with E-state index in [-0.39, 0.29) is 6.04 Å². The van der Waals surface area contributed by atoms with Crippen LogP contribution in [0.4, 0.5) is 0 Å². The van der Waals surface area contributed by atoms with Crippen LogP contribution in [0.1, 0.15) is 39.4 Å². The fourth-order valence-electron chi connectivity index (χ4n) is 2.25. The van der Waals surface area contributed by atoms with Gasteiger partial charge < -0.3 is 5.11 Å². The molecule has 2 unspecified atom stereocenters. The summed E-state index contributed by atoms with van der Waals surface area (Å²) in [6, 6.07) is 10.5. The molecule has 0 heterocycles. The standard InChI is InChI=1S/C15H25NO/c1-11(2)14(16(5)12(3)4)15(17)13-9-7-6-8-10-13/h6-12,14-15,17H,1-5H3. The van der Waals surface area contributed by atoms with Crippen molar-refractivity contribution in [2.45, 2.75) is 45.9 Å². The van der Waals surface area contributed by atoms with Gasteiger partial charge in [-0.25, -0.2) is 0 Å². The molecule has 0 saturated heterocycles. The molecule has 1 aromatic carbocycles. The summed E-state index contributed by atoms with van der Waals surface area (Å²) >= 11 is 0. The van der Waals surface area contributed by atoms with Gasteiger partial charge in [-0.2, -0.15) is 0 Å². The van der Waals surface area contributed by atoms with Crippen LogP contribution in [0.3, 0.4) is 0 Å². The first-order valence-electron chi connectivity index (χ1n) is 6.40. The molecule has 0 amide bonds. The Labute approximate surface area is 105 Å². The molecule has 1 aromatic rings. The average molecular weight is 235 g/mol. The van der Waals surface area contributed by atoms with Crippen molar-refractivity contribution >= 4 is 0 Å². The monoisotopic (exact) mass is 235 g/mol. The number of hydrogen-bond acceptors (Lipinski definition) is 2. The van der Waals surface area contributed by atoms with E-state index in [0.29, 0.717) is 12.0 Å². The Morgan fingerprint density at radius 2 is 1.53 bits per heavy atom. The molecule has 0 radical (unpaired) electrons. The smallest absolute Gasteiger partial charge is 0.0947 e. The number of aliphatic hydroxyl groups is 1. The van der Waals surface area contributed by atoms with Gasteiger partial charge in [0.25, 0.3) is 0 Å². The van der Waals surface area contributed by atoms with Crippen LogP contribution in [0.5, 0.6) is 0 Å². The van der Waals surface area contributed by atoms with Crippen LogP contribution < -0.4 is 0 Å². The van der Waals surface area contributed by atoms with Crippen LogP contribution in [0.15, 0.2) is 30.3 Å². The molecular formula is C15H25NO. The van der Waals surface area contributed by atoms with E-state index >= 15 is 0 Å². The number of benzene rings is 1. The van der Waals surface area contributed by atoms with Crippen LogP contribution in [0, 0.1) is 5.92 Å². The van der Waals surface area contributed by atoms with Gasteiger partial charge in [0.15, 0.2) is 0 Å². The summed E-state index contributed by atoms with van der Waals surface area (Å²) in [4.78, 5) is 2.25. The summed E-state index contributed by atoms with van der Waals surface area (Å²) in [5.74, 6) is 0.414. The predicted molar refractivity (Wildman–Crippen MR) is 72.9 cm³/mol. The third kappa shape index (κ3) is 3.55. The summed E-state index contributed by atoms with van der Waals surface area (Å²) in [6.45, 7) is 8.64. The van der Waals surface area contributed by atoms with E-state index < -0.39 is 6.10 Å². The predicted octanol–water partition coefficient (Wildman–Crippen LogP) is 3.08. The number of nitrogens with zero attached hydrogens (tertiary/aromatic N) is 1. The van der Waals surface area contributed by atoms with Gasteiger partial charge in [-0.1, -0.05) is 44.2 Å². The minimum absolute atomic E-state index is 0.150. The van der Waals surface area contributed by atoms with Crippen molar-refractivity contribution in [1.29, 1.82) is 0 Å². The third-order valence-electron chi connectivity index (χ3n) is 3.43. The summed E-state index contributed by atoms with van der Waals surface area (Å²) in [5, 5.41) is 10.5. The summed E-state index contributed by atoms with van der Waals surface area (Å²) in [5.41, 5.74) is 0.999. The van der Waals surface area contributed by atoms with Crippen molar-refractivity contribution in [3.8, 4) is 0 Å². The van der Waals surface area contributed by atoms with Crippen LogP contribution in [0.25, 0.3) is 0 Å². The van der Waals surface area contributed by atoms with Crippen LogP contribution in [-0.2, 0) is 0 Å². The molecule has 0 fully saturated rings. The highest BCUT2D eigenvalue weighted by Crippen LogP contribution is 2.26. The SMILES string of the molecule is CC(C)C(C(O)c1ccccc1)N(C)C(C)C. The summed E-state index contributed by atoms with van der Waals surface area (Å²) < 4.78 is 0. The first-order chi connectivity index (χ1) is 7.95. The Bertz CT molecular complexity index is 321. The molecule has 96 valence electrons. The van der Waals surface area contributed by atoms with E-state index in [2.05, 4.69) is 39.6 Å². The molecule has 0 saturated carbocycles. The van der Waals surface area contributed by atoms with Crippen molar-refractivity contribution in [3.63, 3.8) is 0 Å². The molecule has 0 spiro atoms. The molecule has 2 nitrogen and oxygen atoms in total. The largest absolute Gasteiger partial charge is 0.387 e. The fraction of sp³-hybridized carbons (Fsp3) is 0.600. The van der Waals surface area contributed by atoms with Crippen molar-refractivity contribution in [2.75, 3.05) is 7.05 Å². The third-order valence-corrected chi connectivity index (χ3v) is 3.43. The second kappa shape index (κ2) is 6.18. The number of likely N-dealkylation sites (N-methyl/N-ethyl adjacent to an activating group) is 1. The molecular weight excluding hydrogens is 210 g/mol. The lowest BCUT2D eigenvalue weighted by Gasteiger charge is -2.37. The summed E-state index contributed by atoms with van der Waals surface area (Å²) in [6.07, 6.45) is -0.427. The lowest BCUT2D eigenvalue weighted by Crippen LogP contribution is -2.44. The molecule has 1 rings (SSSR count). The molecule has 0 bridgehead atoms. The van der Waals surface area contributed by atoms with Crippen LogP contribution in [-0.4, -0.2) is 29.1 Å². The number of hydrogen-bond donors (Lipinski definition) is 1. The van der Waals surface area contributed by atoms with Crippen molar-refractivity contribution in [3.05, 3.63) is 35.9 Å². The molecule has 0 aromatic heterocycles. The van der Waals surface area contributed by atoms with E-state index in [9.17, 15) is 5.11 Å². The van der Waals surface area contributed by atoms with E-state index in [4.69, 9.17) is 0 Å². The van der Waals surface area contributed by atoms with Crippen LogP contribution >= 0.6 is 0 Å². The zero-order valence-corrected chi connectivity index (χ0v) is 11.6.